The minimum absolute atomic E-state index is 0.233. The number of hydrogen-bond donors (Lipinski definition) is 1. The molecule has 0 aliphatic heterocycles. The Labute approximate surface area is 139 Å². The van der Waals surface area contributed by atoms with Gasteiger partial charge in [-0.15, -0.1) is 0 Å². The summed E-state index contributed by atoms with van der Waals surface area (Å²) in [5, 5.41) is 3.76. The molecule has 0 fully saturated rings. The third-order valence-electron chi connectivity index (χ3n) is 3.78. The second kappa shape index (κ2) is 6.66. The monoisotopic (exact) mass is 303 g/mol. The van der Waals surface area contributed by atoms with E-state index < -0.39 is 0 Å². The van der Waals surface area contributed by atoms with E-state index in [-0.39, 0.29) is 6.04 Å². The highest BCUT2D eigenvalue weighted by Gasteiger charge is 2.07. The predicted molar refractivity (Wildman–Crippen MR) is 101 cm³/mol. The Hall–Kier alpha value is -2.61. The number of aliphatic imine (C=N–C) groups is 1. The van der Waals surface area contributed by atoms with Gasteiger partial charge in [-0.05, 0) is 37.8 Å². The van der Waals surface area contributed by atoms with Crippen LogP contribution in [0.2, 0.25) is 1.41 Å². The first-order chi connectivity index (χ1) is 11.6. The summed E-state index contributed by atoms with van der Waals surface area (Å²) >= 11 is 0. The van der Waals surface area contributed by atoms with Gasteiger partial charge in [0.05, 0.1) is 0 Å². The molecule has 0 saturated heterocycles. The molecule has 0 atom stereocenters. The molecular weight excluding hydrogens is 280 g/mol. The molecule has 23 heavy (non-hydrogen) atoms. The molecule has 3 aromatic rings. The molecule has 0 amide bonds. The summed E-state index contributed by atoms with van der Waals surface area (Å²) in [5.74, 6) is 0. The van der Waals surface area contributed by atoms with Crippen LogP contribution in [0.1, 0.15) is 25.0 Å². The standard InChI is InChI=1S/C21H22N2/c1-15(2)22-14-18-9-5-7-11-20(18)23-21-16(3)12-13-17-8-4-6-10-19(17)21/h4-15,23H,1-3H3/i/hD. The molecule has 116 valence electrons. The molecule has 0 saturated carbocycles. The Morgan fingerprint density at radius 1 is 1.00 bits per heavy atom. The van der Waals surface area contributed by atoms with Gasteiger partial charge in [-0.2, -0.15) is 0 Å². The third kappa shape index (κ3) is 3.42. The molecule has 0 bridgehead atoms. The molecule has 3 rings (SSSR count). The van der Waals surface area contributed by atoms with E-state index in [0.29, 0.717) is 0 Å². The van der Waals surface area contributed by atoms with Crippen molar-refractivity contribution in [3.63, 3.8) is 0 Å². The van der Waals surface area contributed by atoms with Crippen molar-refractivity contribution in [2.24, 2.45) is 4.99 Å². The first-order valence-electron chi connectivity index (χ1n) is 8.42. The lowest BCUT2D eigenvalue weighted by atomic mass is 10.0. The summed E-state index contributed by atoms with van der Waals surface area (Å²) in [4.78, 5) is 4.48. The van der Waals surface area contributed by atoms with Gasteiger partial charge in [0.1, 0.15) is 0 Å². The van der Waals surface area contributed by atoms with Gasteiger partial charge in [0, 0.05) is 34.6 Å². The van der Waals surface area contributed by atoms with Crippen LogP contribution in [-0.4, -0.2) is 12.3 Å². The summed E-state index contributed by atoms with van der Waals surface area (Å²) < 4.78 is 8.78. The maximum atomic E-state index is 8.78. The van der Waals surface area contributed by atoms with Crippen molar-refractivity contribution in [1.82, 2.24) is 0 Å². The molecule has 0 aromatic heterocycles. The summed E-state index contributed by atoms with van der Waals surface area (Å²) in [6.07, 6.45) is 1.86. The summed E-state index contributed by atoms with van der Waals surface area (Å²) in [5.41, 5.74) is 3.78. The molecule has 1 N–H and O–H groups in total. The molecule has 0 aliphatic carbocycles. The van der Waals surface area contributed by atoms with E-state index in [2.05, 4.69) is 29.3 Å². The summed E-state index contributed by atoms with van der Waals surface area (Å²) in [7, 11) is 0. The number of anilines is 2. The van der Waals surface area contributed by atoms with Crippen molar-refractivity contribution < 1.29 is 1.41 Å². The van der Waals surface area contributed by atoms with Crippen molar-refractivity contribution in [3.05, 3.63) is 71.8 Å². The molecule has 0 heterocycles. The molecular formula is C21H22N2. The molecule has 0 spiro atoms. The van der Waals surface area contributed by atoms with Crippen molar-refractivity contribution in [1.29, 1.82) is 0 Å². The number of rotatable bonds is 4. The minimum atomic E-state index is 0.233. The van der Waals surface area contributed by atoms with Crippen LogP contribution in [0.15, 0.2) is 65.7 Å². The van der Waals surface area contributed by atoms with Gasteiger partial charge in [-0.1, -0.05) is 54.6 Å². The lowest BCUT2D eigenvalue weighted by Gasteiger charge is -2.15. The van der Waals surface area contributed by atoms with Crippen LogP contribution < -0.4 is 5.31 Å². The maximum Gasteiger partial charge on any atom is 0.167 e. The maximum absolute atomic E-state index is 8.78. The largest absolute Gasteiger partial charge is 0.354 e. The quantitative estimate of drug-likeness (QED) is 0.612. The second-order valence-corrected chi connectivity index (χ2v) is 5.99. The van der Waals surface area contributed by atoms with Crippen molar-refractivity contribution in [3.8, 4) is 0 Å². The van der Waals surface area contributed by atoms with Crippen LogP contribution in [0.3, 0.4) is 0 Å². The van der Waals surface area contributed by atoms with Gasteiger partial charge in [0.25, 0.3) is 0 Å². The molecule has 0 radical (unpaired) electrons. The highest BCUT2D eigenvalue weighted by Crippen LogP contribution is 2.30. The molecule has 2 heteroatoms. The van der Waals surface area contributed by atoms with Crippen molar-refractivity contribution >= 4 is 28.4 Å². The van der Waals surface area contributed by atoms with E-state index in [1.807, 2.05) is 63.4 Å². The van der Waals surface area contributed by atoms with E-state index in [0.717, 1.165) is 33.3 Å². The van der Waals surface area contributed by atoms with Crippen LogP contribution in [0, 0.1) is 6.92 Å². The Morgan fingerprint density at radius 3 is 2.57 bits per heavy atom. The van der Waals surface area contributed by atoms with Gasteiger partial charge >= 0.3 is 0 Å². The highest BCUT2D eigenvalue weighted by atomic mass is 14.9. The van der Waals surface area contributed by atoms with Crippen molar-refractivity contribution in [2.45, 2.75) is 26.8 Å². The van der Waals surface area contributed by atoms with Crippen LogP contribution in [0.25, 0.3) is 10.8 Å². The fourth-order valence-corrected chi connectivity index (χ4v) is 2.56. The lowest BCUT2D eigenvalue weighted by molar-refractivity contribution is 0.841. The van der Waals surface area contributed by atoms with Crippen LogP contribution in [0.4, 0.5) is 11.4 Å². The van der Waals surface area contributed by atoms with E-state index >= 15 is 0 Å². The zero-order valence-electron chi connectivity index (χ0n) is 14.8. The highest BCUT2D eigenvalue weighted by molar-refractivity contribution is 5.99. The van der Waals surface area contributed by atoms with Crippen LogP contribution in [-0.2, 0) is 0 Å². The van der Waals surface area contributed by atoms with Gasteiger partial charge in [0.2, 0.25) is 0 Å². The van der Waals surface area contributed by atoms with Crippen LogP contribution in [0.5, 0.6) is 0 Å². The van der Waals surface area contributed by atoms with E-state index in [4.69, 9.17) is 1.41 Å². The fraction of sp³-hybridized carbons (Fsp3) is 0.190. The normalized spacial score (nSPS) is 12.1. The number of benzene rings is 3. The van der Waals surface area contributed by atoms with E-state index in [9.17, 15) is 0 Å². The zero-order valence-corrected chi connectivity index (χ0v) is 13.8. The number of fused-ring (bicyclic) bond motifs is 1. The molecule has 3 aromatic carbocycles. The molecule has 2 nitrogen and oxygen atoms in total. The van der Waals surface area contributed by atoms with Gasteiger partial charge in [-0.3, -0.25) is 4.99 Å². The fourth-order valence-electron chi connectivity index (χ4n) is 2.56. The van der Waals surface area contributed by atoms with Gasteiger partial charge in [-0.25, -0.2) is 0 Å². The van der Waals surface area contributed by atoms with Gasteiger partial charge < -0.3 is 5.31 Å². The van der Waals surface area contributed by atoms with E-state index in [1.165, 1.54) is 5.31 Å². The number of nitrogens with one attached hydrogen (secondary N) is 1. The summed E-state index contributed by atoms with van der Waals surface area (Å²) in [6, 6.07) is 20.5. The lowest BCUT2D eigenvalue weighted by Crippen LogP contribution is -1.99. The number of hydrogen-bond acceptors (Lipinski definition) is 2. The average Bonchev–Trinajstić information content (AvgIpc) is 2.59. The number of nitrogens with zero attached hydrogens (tertiary/aromatic N) is 1. The topological polar surface area (TPSA) is 24.4 Å². The van der Waals surface area contributed by atoms with E-state index in [1.54, 1.807) is 0 Å². The first kappa shape index (κ1) is 14.0. The van der Waals surface area contributed by atoms with Gasteiger partial charge in [0.15, 0.2) is 1.41 Å². The third-order valence-corrected chi connectivity index (χ3v) is 3.78. The summed E-state index contributed by atoms with van der Waals surface area (Å²) in [6.45, 7) is 6.15. The molecule has 0 aliphatic rings. The Morgan fingerprint density at radius 2 is 1.74 bits per heavy atom. The number of aryl methyl sites for hydroxylation is 1. The minimum Gasteiger partial charge on any atom is -0.354 e. The Bertz CT molecular complexity index is 884. The zero-order chi connectivity index (χ0) is 17.1. The molecule has 0 unspecified atom stereocenters. The smallest absolute Gasteiger partial charge is 0.167 e. The Kier molecular flexibility index (Phi) is 4.05. The first-order valence-corrected chi connectivity index (χ1v) is 7.97. The van der Waals surface area contributed by atoms with Crippen molar-refractivity contribution in [2.75, 3.05) is 5.31 Å². The number of para-hydroxylation sites is 1. The predicted octanol–water partition coefficient (Wildman–Crippen LogP) is 5.72. The van der Waals surface area contributed by atoms with Crippen LogP contribution >= 0.6 is 0 Å². The SMILES string of the molecule is [2H]N(c1ccccc1C=NC(C)C)c1c(C)ccc2ccccc12. The second-order valence-electron chi connectivity index (χ2n) is 5.99. The average molecular weight is 303 g/mol. The Balaban J connectivity index is 2.14.